The minimum Gasteiger partial charge on any atom is -0.391 e. The molecule has 3 saturated carbocycles. The molecule has 36 heteroatoms. The Morgan fingerprint density at radius 3 is 0.877 bits per heavy atom. The fraction of sp³-hybridized carbons (Fsp3) is 0.574. The molecule has 8 aromatic rings. The molecule has 10 aliphatic rings. The number of aliphatic hydroxyl groups excluding tert-OH is 3. The zero-order valence-electron chi connectivity index (χ0n) is 77.4. The number of thiazole rings is 4. The Kier molecular flexibility index (Phi) is 30.9. The van der Waals surface area contributed by atoms with E-state index in [9.17, 15) is 53.7 Å². The van der Waals surface area contributed by atoms with Gasteiger partial charge in [-0.05, 0) is 247 Å². The van der Waals surface area contributed by atoms with Crippen molar-refractivity contribution in [2.24, 2.45) is 0 Å². The number of aliphatic hydroxyl groups is 3. The van der Waals surface area contributed by atoms with Crippen LogP contribution in [0.4, 0.5) is 23.3 Å². The molecule has 8 amide bonds. The first kappa shape index (κ1) is 96.0. The third kappa shape index (κ3) is 22.0. The minimum atomic E-state index is -0.516. The molecular weight excluding hydrogens is 1730 g/mol. The molecule has 18 rings (SSSR count). The summed E-state index contributed by atoms with van der Waals surface area (Å²) >= 11 is 4.93. The lowest BCUT2D eigenvalue weighted by Crippen LogP contribution is -2.58. The highest BCUT2D eigenvalue weighted by molar-refractivity contribution is 7.18. The molecule has 32 nitrogen and oxygen atoms in total. The van der Waals surface area contributed by atoms with E-state index in [-0.39, 0.29) is 135 Å². The second kappa shape index (κ2) is 41.8. The van der Waals surface area contributed by atoms with Crippen molar-refractivity contribution >= 4 is 116 Å². The van der Waals surface area contributed by atoms with Crippen molar-refractivity contribution in [1.82, 2.24) is 80.3 Å². The highest BCUT2D eigenvalue weighted by Gasteiger charge is 2.44. The molecule has 10 fully saturated rings. The Balaban J connectivity index is 0.000000140. The molecule has 2 unspecified atom stereocenters. The monoisotopic (exact) mass is 1850 g/mol. The number of fused-ring (bicyclic) bond motifs is 2. The number of hydrogen-bond donors (Lipinski definition) is 10. The van der Waals surface area contributed by atoms with Crippen molar-refractivity contribution in [2.45, 2.75) is 310 Å². The van der Waals surface area contributed by atoms with Gasteiger partial charge in [0.25, 0.3) is 47.3 Å². The van der Waals surface area contributed by atoms with Crippen LogP contribution in [0.5, 0.6) is 0 Å². The number of likely N-dealkylation sites (tertiary alicyclic amines) is 4. The van der Waals surface area contributed by atoms with E-state index in [1.54, 1.807) is 24.8 Å². The summed E-state index contributed by atoms with van der Waals surface area (Å²) in [6.45, 7) is 36.7. The molecule has 8 aromatic heterocycles. The summed E-state index contributed by atoms with van der Waals surface area (Å²) in [6, 6.07) is 8.80. The number of amides is 8. The average molecular weight is 1860 g/mol. The van der Waals surface area contributed by atoms with Gasteiger partial charge in [0, 0.05) is 141 Å². The van der Waals surface area contributed by atoms with E-state index in [0.717, 1.165) is 163 Å². The van der Waals surface area contributed by atoms with Crippen LogP contribution in [0, 0.1) is 27.7 Å². The normalized spacial score (nSPS) is 23.2. The van der Waals surface area contributed by atoms with E-state index in [2.05, 4.69) is 97.9 Å². The number of nitrogens with one attached hydrogen (secondary N) is 7. The highest BCUT2D eigenvalue weighted by atomic mass is 32.1. The number of pyridine rings is 4. The predicted octanol–water partition coefficient (Wildman–Crippen LogP) is 13.6. The average Bonchev–Trinajstić information content (AvgIpc) is 1.31. The number of nitrogens with zero attached hydrogens (tertiary/aromatic N) is 13. The third-order valence-corrected chi connectivity index (χ3v) is 30.1. The lowest BCUT2D eigenvalue weighted by atomic mass is 9.89. The van der Waals surface area contributed by atoms with Crippen molar-refractivity contribution < 1.29 is 58.4 Å². The van der Waals surface area contributed by atoms with Gasteiger partial charge in [-0.3, -0.25) is 38.4 Å². The Bertz CT molecular complexity index is 5080. The van der Waals surface area contributed by atoms with Gasteiger partial charge in [-0.15, -0.1) is 45.3 Å². The van der Waals surface area contributed by atoms with Crippen molar-refractivity contribution in [3.8, 4) is 41.8 Å². The molecule has 7 aliphatic heterocycles. The lowest BCUT2D eigenvalue weighted by molar-refractivity contribution is -0.171. The zero-order chi connectivity index (χ0) is 93.0. The van der Waals surface area contributed by atoms with E-state index in [1.807, 2.05) is 139 Å². The van der Waals surface area contributed by atoms with Gasteiger partial charge >= 0.3 is 0 Å². The fourth-order valence-corrected chi connectivity index (χ4v) is 21.7. The molecule has 10 N–H and O–H groups in total. The summed E-state index contributed by atoms with van der Waals surface area (Å²) < 4.78 is 5.68. The van der Waals surface area contributed by atoms with Crippen molar-refractivity contribution in [3.63, 3.8) is 0 Å². The van der Waals surface area contributed by atoms with Crippen LogP contribution < -0.4 is 37.2 Å². The maximum atomic E-state index is 13.6. The lowest BCUT2D eigenvalue weighted by Gasteiger charge is -2.46. The summed E-state index contributed by atoms with van der Waals surface area (Å²) in [5, 5.41) is 52.3. The van der Waals surface area contributed by atoms with Crippen LogP contribution in [0.15, 0.2) is 49.1 Å². The first-order chi connectivity index (χ1) is 62.1. The molecule has 130 heavy (non-hydrogen) atoms. The summed E-state index contributed by atoms with van der Waals surface area (Å²) in [6.07, 6.45) is 19.8. The molecule has 2 bridgehead atoms. The first-order valence-electron chi connectivity index (χ1n) is 46.2. The minimum absolute atomic E-state index is 0.0960. The van der Waals surface area contributed by atoms with Crippen LogP contribution in [0.3, 0.4) is 0 Å². The number of carbonyl (C=O) groups excluding carboxylic acids is 8. The highest BCUT2D eigenvalue weighted by Crippen LogP contribution is 2.42. The van der Waals surface area contributed by atoms with Gasteiger partial charge in [-0.1, -0.05) is 6.92 Å². The quantitative estimate of drug-likeness (QED) is 0.0269. The first-order valence-corrected chi connectivity index (χ1v) is 49.5. The number of aromatic nitrogens is 8. The zero-order valence-corrected chi connectivity index (χ0v) is 80.6. The van der Waals surface area contributed by atoms with Gasteiger partial charge in [-0.2, -0.15) is 0 Å². The standard InChI is InChI=1S/C25H33N5O3S.3C23H31N5O3S/c1-5-15(3)27-20-9-14(2)19(11-26-20)22-21(24(31)30-8-6-7-16(30)4)28-23(34-22)25(32)29-12-17-10-18(13-29)33-17;3*1-12(2)25-18-10-13(3)15(11-24-18)20-19(23(31)28-9-5-6-14(28)4)27-22(32-20)21(30)26-16-7-8-17(16)29/h9,11,15-18H,5-8,10,12-13H2,1-4H3,(H,26,27);3*10-12,14,16-17,29H,5-9H2,1-4H3,(H,24,25)(H,26,30)/t15-,16+,17?,18?;14-,16+,17+;14-,16+,17-;14-,16-,17-/m1000/s1. The van der Waals surface area contributed by atoms with Crippen LogP contribution in [0.1, 0.15) is 289 Å². The Labute approximate surface area is 776 Å². The van der Waals surface area contributed by atoms with Crippen molar-refractivity contribution in [3.05, 3.63) is 114 Å². The number of morpholine rings is 1. The number of piperidine rings is 1. The molecule has 15 heterocycles. The number of ether oxygens (including phenoxy) is 1. The summed E-state index contributed by atoms with van der Waals surface area (Å²) in [5.41, 5.74) is 8.40. The van der Waals surface area contributed by atoms with Gasteiger partial charge in [0.1, 0.15) is 46.0 Å². The number of carbonyl (C=O) groups is 8. The van der Waals surface area contributed by atoms with Crippen molar-refractivity contribution in [2.75, 3.05) is 60.5 Å². The number of aryl methyl sites for hydroxylation is 4. The summed E-state index contributed by atoms with van der Waals surface area (Å²) in [7, 11) is 0. The third-order valence-electron chi connectivity index (χ3n) is 25.8. The topological polar surface area (TPSA) is 410 Å². The van der Waals surface area contributed by atoms with Crippen LogP contribution in [-0.4, -0.2) is 263 Å². The second-order valence-corrected chi connectivity index (χ2v) is 41.1. The number of hydrogen-bond acceptors (Lipinski definition) is 28. The molecule has 7 saturated heterocycles. The van der Waals surface area contributed by atoms with Gasteiger partial charge in [0.05, 0.1) is 68.2 Å². The van der Waals surface area contributed by atoms with Gasteiger partial charge in [0.15, 0.2) is 20.0 Å². The van der Waals surface area contributed by atoms with E-state index in [4.69, 9.17) is 4.74 Å². The molecular formula is C94H126N20O12S4. The van der Waals surface area contributed by atoms with Crippen LogP contribution in [0.25, 0.3) is 41.8 Å². The Morgan fingerprint density at radius 1 is 0.392 bits per heavy atom. The number of rotatable bonds is 24. The van der Waals surface area contributed by atoms with Crippen LogP contribution in [-0.2, 0) is 4.74 Å². The maximum Gasteiger partial charge on any atom is 0.283 e. The van der Waals surface area contributed by atoms with Crippen LogP contribution >= 0.6 is 45.3 Å². The van der Waals surface area contributed by atoms with Crippen molar-refractivity contribution in [1.29, 1.82) is 0 Å². The smallest absolute Gasteiger partial charge is 0.283 e. The largest absolute Gasteiger partial charge is 0.391 e. The van der Waals surface area contributed by atoms with E-state index < -0.39 is 18.3 Å². The molecule has 13 atom stereocenters. The molecule has 0 radical (unpaired) electrons. The second-order valence-electron chi connectivity index (χ2n) is 37.1. The Morgan fingerprint density at radius 2 is 0.654 bits per heavy atom. The van der Waals surface area contributed by atoms with Gasteiger partial charge in [0.2, 0.25) is 0 Å². The predicted molar refractivity (Wildman–Crippen MR) is 508 cm³/mol. The maximum absolute atomic E-state index is 13.6. The van der Waals surface area contributed by atoms with Gasteiger partial charge in [-0.25, -0.2) is 39.9 Å². The molecule has 698 valence electrons. The summed E-state index contributed by atoms with van der Waals surface area (Å²) in [4.78, 5) is 154. The Hall–Kier alpha value is -10.1. The summed E-state index contributed by atoms with van der Waals surface area (Å²) in [5.74, 6) is 1.42. The van der Waals surface area contributed by atoms with Crippen LogP contribution in [0.2, 0.25) is 0 Å². The van der Waals surface area contributed by atoms with E-state index in [0.29, 0.717) is 100 Å². The molecule has 3 aliphatic carbocycles. The fourth-order valence-electron chi connectivity index (χ4n) is 17.5. The molecule has 0 aromatic carbocycles. The van der Waals surface area contributed by atoms with Gasteiger partial charge < -0.3 is 81.8 Å². The van der Waals surface area contributed by atoms with E-state index >= 15 is 0 Å². The van der Waals surface area contributed by atoms with E-state index in [1.165, 1.54) is 45.3 Å². The molecule has 0 spiro atoms. The number of anilines is 4. The SMILES string of the molecule is CC[C@@H](C)Nc1cc(C)c(-c2sc(C(=O)N3CC4CC(C3)O4)nc2C(=O)N2CCC[C@@H]2C)cn1.Cc1cc(NC(C)C)ncc1-c1sc(C(=O)N[C@@H]2CC[C@@H]2O)nc1C(=O)N1CCC[C@@H]1C.Cc1cc(NC(C)C)ncc1-c1sc(C(=O)N[C@@H]2CC[C@H]2O)nc1C(=O)N1CCC[C@@H]1C.Cc1cc(NC(C)C)ncc1-c1sc(C(=O)N[C@H]2CC[C@@H]2O)nc1C(=O)N1CCC[C@@H]1C.